The number of hydrogen-bond donors (Lipinski definition) is 3. The smallest absolute Gasteiger partial charge is 0.248 e. The van der Waals surface area contributed by atoms with Gasteiger partial charge >= 0.3 is 0 Å². The largest absolute Gasteiger partial charge is 0.491 e. The number of nitrogens with zero attached hydrogens (tertiary/aromatic N) is 1. The van der Waals surface area contributed by atoms with Gasteiger partial charge < -0.3 is 20.7 Å². The fourth-order valence-electron chi connectivity index (χ4n) is 3.92. The molecule has 0 aromatic heterocycles. The Bertz CT molecular complexity index is 996. The molecule has 0 spiro atoms. The number of primary amides is 1. The van der Waals surface area contributed by atoms with Crippen molar-refractivity contribution in [2.75, 3.05) is 13.2 Å². The first-order valence-electron chi connectivity index (χ1n) is 11.6. The van der Waals surface area contributed by atoms with Gasteiger partial charge in [-0.15, -0.1) is 0 Å². The number of para-hydroxylation sites is 1. The predicted molar refractivity (Wildman–Crippen MR) is 134 cm³/mol. The van der Waals surface area contributed by atoms with Gasteiger partial charge in [0.25, 0.3) is 0 Å². The van der Waals surface area contributed by atoms with Crippen LogP contribution < -0.4 is 10.5 Å². The number of rotatable bonds is 13. The maximum Gasteiger partial charge on any atom is 0.248 e. The Kier molecular flexibility index (Phi) is 9.64. The second kappa shape index (κ2) is 12.9. The van der Waals surface area contributed by atoms with Crippen molar-refractivity contribution in [1.82, 2.24) is 4.90 Å². The standard InChI is InChI=1S/C28H34N2O4/c1-21(12-13-22-14-16-24(17-15-22)28(29)33)30(27(32)18-23-8-4-2-5-9-23)19-25(31)20-34-26-10-6-3-7-11-26/h2-11,14-17,21,25,27,31-32H,12-13,18-20H2,1H3,(H2,29,33)/t21-,25+,27-/m1/s1. The van der Waals surface area contributed by atoms with Crippen LogP contribution in [-0.4, -0.2) is 52.5 Å². The first-order chi connectivity index (χ1) is 16.4. The third kappa shape index (κ3) is 7.99. The van der Waals surface area contributed by atoms with Gasteiger partial charge in [-0.1, -0.05) is 60.7 Å². The molecule has 0 unspecified atom stereocenters. The lowest BCUT2D eigenvalue weighted by atomic mass is 10.0. The number of amides is 1. The summed E-state index contributed by atoms with van der Waals surface area (Å²) in [5.41, 5.74) is 7.92. The minimum Gasteiger partial charge on any atom is -0.491 e. The molecule has 0 saturated carbocycles. The number of benzene rings is 3. The Hall–Kier alpha value is -3.19. The first-order valence-corrected chi connectivity index (χ1v) is 11.6. The van der Waals surface area contributed by atoms with E-state index in [0.29, 0.717) is 17.7 Å². The molecule has 6 nitrogen and oxygen atoms in total. The molecule has 4 N–H and O–H groups in total. The molecule has 180 valence electrons. The predicted octanol–water partition coefficient (Wildman–Crippen LogP) is 3.41. The molecule has 0 bridgehead atoms. The first kappa shape index (κ1) is 25.4. The van der Waals surface area contributed by atoms with Crippen molar-refractivity contribution in [3.05, 3.63) is 102 Å². The van der Waals surface area contributed by atoms with Crippen molar-refractivity contribution < 1.29 is 19.7 Å². The van der Waals surface area contributed by atoms with Crippen LogP contribution in [0.15, 0.2) is 84.9 Å². The topological polar surface area (TPSA) is 96.0 Å². The normalized spacial score (nSPS) is 13.9. The zero-order valence-electron chi connectivity index (χ0n) is 19.6. The molecule has 0 aliphatic carbocycles. The van der Waals surface area contributed by atoms with Crippen molar-refractivity contribution in [3.63, 3.8) is 0 Å². The summed E-state index contributed by atoms with van der Waals surface area (Å²) in [5, 5.41) is 21.8. The van der Waals surface area contributed by atoms with Gasteiger partial charge in [0.15, 0.2) is 0 Å². The lowest BCUT2D eigenvalue weighted by Gasteiger charge is -2.35. The van der Waals surface area contributed by atoms with Gasteiger partial charge in [-0.05, 0) is 55.2 Å². The molecule has 0 fully saturated rings. The number of aliphatic hydroxyl groups is 2. The minimum absolute atomic E-state index is 0.000837. The molecule has 0 saturated heterocycles. The van der Waals surface area contributed by atoms with Gasteiger partial charge in [0, 0.05) is 24.6 Å². The zero-order valence-corrected chi connectivity index (χ0v) is 19.6. The second-order valence-corrected chi connectivity index (χ2v) is 8.59. The zero-order chi connectivity index (χ0) is 24.3. The summed E-state index contributed by atoms with van der Waals surface area (Å²) in [5.74, 6) is 0.257. The molecule has 6 heteroatoms. The lowest BCUT2D eigenvalue weighted by molar-refractivity contribution is -0.0522. The van der Waals surface area contributed by atoms with Crippen LogP contribution in [0.3, 0.4) is 0 Å². The van der Waals surface area contributed by atoms with Crippen LogP contribution in [0.2, 0.25) is 0 Å². The number of nitrogens with two attached hydrogens (primary N) is 1. The summed E-state index contributed by atoms with van der Waals surface area (Å²) in [6.07, 6.45) is 0.494. The molecule has 3 aromatic rings. The van der Waals surface area contributed by atoms with E-state index in [1.165, 1.54) is 0 Å². The Labute approximate surface area is 201 Å². The van der Waals surface area contributed by atoms with Gasteiger partial charge in [-0.25, -0.2) is 0 Å². The molecule has 3 aromatic carbocycles. The lowest BCUT2D eigenvalue weighted by Crippen LogP contribution is -2.48. The van der Waals surface area contributed by atoms with E-state index in [-0.39, 0.29) is 19.2 Å². The number of hydrogen-bond acceptors (Lipinski definition) is 5. The molecule has 0 heterocycles. The molecular formula is C28H34N2O4. The Morgan fingerprint density at radius 1 is 0.912 bits per heavy atom. The van der Waals surface area contributed by atoms with E-state index in [1.807, 2.05) is 77.7 Å². The average Bonchev–Trinajstić information content (AvgIpc) is 2.86. The van der Waals surface area contributed by atoms with Crippen molar-refractivity contribution in [3.8, 4) is 5.75 Å². The van der Waals surface area contributed by atoms with E-state index >= 15 is 0 Å². The summed E-state index contributed by atoms with van der Waals surface area (Å²) in [6, 6.07) is 26.5. The maximum absolute atomic E-state index is 11.3. The van der Waals surface area contributed by atoms with Gasteiger partial charge in [0.05, 0.1) is 0 Å². The second-order valence-electron chi connectivity index (χ2n) is 8.59. The van der Waals surface area contributed by atoms with E-state index in [1.54, 1.807) is 12.1 Å². The summed E-state index contributed by atoms with van der Waals surface area (Å²) in [4.78, 5) is 13.2. The van der Waals surface area contributed by atoms with Gasteiger partial charge in [0.1, 0.15) is 24.7 Å². The number of aliphatic hydroxyl groups excluding tert-OH is 2. The molecule has 3 rings (SSSR count). The highest BCUT2D eigenvalue weighted by Crippen LogP contribution is 2.17. The highest BCUT2D eigenvalue weighted by atomic mass is 16.5. The van der Waals surface area contributed by atoms with Crippen LogP contribution >= 0.6 is 0 Å². The van der Waals surface area contributed by atoms with Crippen LogP contribution in [0.1, 0.15) is 34.8 Å². The van der Waals surface area contributed by atoms with E-state index in [4.69, 9.17) is 10.5 Å². The van der Waals surface area contributed by atoms with Crippen LogP contribution in [0.4, 0.5) is 0 Å². The number of carbonyl (C=O) groups is 1. The van der Waals surface area contributed by atoms with Crippen LogP contribution in [-0.2, 0) is 12.8 Å². The molecule has 34 heavy (non-hydrogen) atoms. The van der Waals surface area contributed by atoms with E-state index < -0.39 is 18.2 Å². The molecule has 1 amide bonds. The highest BCUT2D eigenvalue weighted by Gasteiger charge is 2.25. The fourth-order valence-corrected chi connectivity index (χ4v) is 3.92. The highest BCUT2D eigenvalue weighted by molar-refractivity contribution is 5.92. The van der Waals surface area contributed by atoms with Crippen LogP contribution in [0, 0.1) is 0 Å². The molecule has 0 aliphatic rings. The quantitative estimate of drug-likeness (QED) is 0.338. The molecule has 0 radical (unpaired) electrons. The Balaban J connectivity index is 1.63. The minimum atomic E-state index is -0.761. The summed E-state index contributed by atoms with van der Waals surface area (Å²) in [6.45, 7) is 2.47. The molecular weight excluding hydrogens is 428 g/mol. The summed E-state index contributed by atoms with van der Waals surface area (Å²) in [7, 11) is 0. The fraction of sp³-hybridized carbons (Fsp3) is 0.321. The number of carbonyl (C=O) groups excluding carboxylic acids is 1. The van der Waals surface area contributed by atoms with Crippen molar-refractivity contribution in [2.45, 2.75) is 44.6 Å². The van der Waals surface area contributed by atoms with Gasteiger partial charge in [-0.3, -0.25) is 9.69 Å². The maximum atomic E-state index is 11.3. The average molecular weight is 463 g/mol. The van der Waals surface area contributed by atoms with Crippen molar-refractivity contribution in [1.29, 1.82) is 0 Å². The third-order valence-electron chi connectivity index (χ3n) is 5.91. The van der Waals surface area contributed by atoms with Crippen molar-refractivity contribution in [2.24, 2.45) is 5.73 Å². The van der Waals surface area contributed by atoms with Crippen molar-refractivity contribution >= 4 is 5.91 Å². The molecule has 0 aliphatic heterocycles. The summed E-state index contributed by atoms with van der Waals surface area (Å²) < 4.78 is 5.71. The Morgan fingerprint density at radius 3 is 2.15 bits per heavy atom. The third-order valence-corrected chi connectivity index (χ3v) is 5.91. The van der Waals surface area contributed by atoms with Gasteiger partial charge in [0.2, 0.25) is 5.91 Å². The van der Waals surface area contributed by atoms with Crippen LogP contribution in [0.25, 0.3) is 0 Å². The SMILES string of the molecule is C[C@H](CCc1ccc(C(N)=O)cc1)N(C[C@H](O)COc1ccccc1)[C@H](O)Cc1ccccc1. The summed E-state index contributed by atoms with van der Waals surface area (Å²) >= 11 is 0. The number of ether oxygens (including phenoxy) is 1. The Morgan fingerprint density at radius 2 is 1.53 bits per heavy atom. The van der Waals surface area contributed by atoms with E-state index in [2.05, 4.69) is 6.92 Å². The number of aryl methyl sites for hydroxylation is 1. The molecule has 3 atom stereocenters. The van der Waals surface area contributed by atoms with Crippen LogP contribution in [0.5, 0.6) is 5.75 Å². The monoisotopic (exact) mass is 462 g/mol. The van der Waals surface area contributed by atoms with Gasteiger partial charge in [-0.2, -0.15) is 0 Å². The van der Waals surface area contributed by atoms with E-state index in [9.17, 15) is 15.0 Å². The van der Waals surface area contributed by atoms with E-state index in [0.717, 1.165) is 24.0 Å².